The first-order valence-electron chi connectivity index (χ1n) is 9.49. The van der Waals surface area contributed by atoms with Gasteiger partial charge in [0, 0.05) is 5.56 Å². The number of aryl methyl sites for hydroxylation is 2. The predicted octanol–water partition coefficient (Wildman–Crippen LogP) is 6.15. The molecule has 1 atom stereocenters. The average molecular weight is 546 g/mol. The van der Waals surface area contributed by atoms with Gasteiger partial charge in [0.15, 0.2) is 0 Å². The fraction of sp³-hybridized carbons (Fsp3) is 0.174. The van der Waals surface area contributed by atoms with Crippen molar-refractivity contribution in [3.8, 4) is 11.3 Å². The summed E-state index contributed by atoms with van der Waals surface area (Å²) in [6, 6.07) is 16.2. The molecule has 0 aliphatic rings. The normalized spacial score (nSPS) is 10.8. The lowest BCUT2D eigenvalue weighted by molar-refractivity contribution is -0.107. The van der Waals surface area contributed by atoms with Crippen molar-refractivity contribution in [2.45, 2.75) is 26.1 Å². The number of benzene rings is 2. The smallest absolute Gasteiger partial charge is 0.212 e. The predicted molar refractivity (Wildman–Crippen MR) is 141 cm³/mol. The maximum Gasteiger partial charge on any atom is 0.212 e. The SMILES string of the molecule is C.Cc1ccc(-c2cn3ncsc3n2)cc1.Cc1ccc(C(Br)C=O)cc1.Nc1nncs1. The van der Waals surface area contributed by atoms with Crippen LogP contribution in [0.1, 0.15) is 28.9 Å². The molecule has 5 aromatic rings. The van der Waals surface area contributed by atoms with E-state index < -0.39 is 0 Å². The molecule has 0 saturated carbocycles. The van der Waals surface area contributed by atoms with Crippen LogP contribution in [0.4, 0.5) is 5.13 Å². The number of fused-ring (bicyclic) bond motifs is 1. The van der Waals surface area contributed by atoms with Gasteiger partial charge in [-0.3, -0.25) is 0 Å². The van der Waals surface area contributed by atoms with Crippen molar-refractivity contribution in [1.82, 2.24) is 24.8 Å². The van der Waals surface area contributed by atoms with Crippen LogP contribution >= 0.6 is 38.6 Å². The van der Waals surface area contributed by atoms with Crippen LogP contribution in [0.2, 0.25) is 0 Å². The second-order valence-electron chi connectivity index (χ2n) is 6.68. The number of alkyl halides is 1. The molecule has 33 heavy (non-hydrogen) atoms. The van der Waals surface area contributed by atoms with E-state index in [9.17, 15) is 4.79 Å². The number of rotatable bonds is 3. The van der Waals surface area contributed by atoms with Crippen molar-refractivity contribution in [3.05, 3.63) is 82.4 Å². The molecule has 1 unspecified atom stereocenters. The molecule has 0 fully saturated rings. The highest BCUT2D eigenvalue weighted by molar-refractivity contribution is 9.09. The minimum Gasteiger partial charge on any atom is -0.374 e. The number of imidazole rings is 1. The van der Waals surface area contributed by atoms with Gasteiger partial charge in [0.25, 0.3) is 0 Å². The third-order valence-corrected chi connectivity index (χ3v) is 6.18. The van der Waals surface area contributed by atoms with Crippen molar-refractivity contribution in [2.24, 2.45) is 0 Å². The number of carbonyl (C=O) groups excluding carboxylic acids is 1. The number of nitrogens with two attached hydrogens (primary N) is 1. The first kappa shape index (κ1) is 26.3. The van der Waals surface area contributed by atoms with E-state index in [0.717, 1.165) is 28.1 Å². The largest absolute Gasteiger partial charge is 0.374 e. The standard InChI is InChI=1S/C11H9N3S.C9H9BrO.C2H3N3S.CH4/c1-8-2-4-9(5-3-8)10-6-14-11(13-10)15-7-12-14;1-7-2-4-8(5-3-7)9(10)6-11;3-2-5-4-1-6-2;/h2-7H,1H3;2-6,9H,1H3;1H,(H2,3,5);1H4. The van der Waals surface area contributed by atoms with Crippen LogP contribution in [0.15, 0.2) is 65.7 Å². The molecule has 2 aromatic carbocycles. The van der Waals surface area contributed by atoms with Gasteiger partial charge in [-0.05, 0) is 19.4 Å². The topological polar surface area (TPSA) is 99.1 Å². The van der Waals surface area contributed by atoms with Crippen molar-refractivity contribution >= 4 is 55.0 Å². The Morgan fingerprint density at radius 2 is 1.64 bits per heavy atom. The minimum atomic E-state index is -0.164. The Balaban J connectivity index is 0.000000189. The summed E-state index contributed by atoms with van der Waals surface area (Å²) in [4.78, 5) is 15.6. The van der Waals surface area contributed by atoms with E-state index in [-0.39, 0.29) is 12.3 Å². The number of aromatic nitrogens is 5. The summed E-state index contributed by atoms with van der Waals surface area (Å²) >= 11 is 6.12. The van der Waals surface area contributed by atoms with E-state index in [4.69, 9.17) is 5.73 Å². The molecular formula is C23H25BrN6OS2. The Labute approximate surface area is 209 Å². The van der Waals surface area contributed by atoms with Gasteiger partial charge < -0.3 is 10.5 Å². The summed E-state index contributed by atoms with van der Waals surface area (Å²) in [5, 5.41) is 11.6. The fourth-order valence-corrected chi connectivity index (χ4v) is 3.72. The lowest BCUT2D eigenvalue weighted by Gasteiger charge is -2.01. The molecule has 7 nitrogen and oxygen atoms in total. The number of nitrogen functional groups attached to an aromatic ring is 1. The number of carbonyl (C=O) groups is 1. The average Bonchev–Trinajstić information content (AvgIpc) is 3.53. The highest BCUT2D eigenvalue weighted by Crippen LogP contribution is 2.21. The molecule has 3 aromatic heterocycles. The number of halogens is 1. The van der Waals surface area contributed by atoms with E-state index in [0.29, 0.717) is 5.13 Å². The molecule has 0 amide bonds. The second-order valence-corrected chi connectivity index (χ2v) is 9.35. The Morgan fingerprint density at radius 3 is 2.12 bits per heavy atom. The Morgan fingerprint density at radius 1 is 1.00 bits per heavy atom. The van der Waals surface area contributed by atoms with Crippen LogP contribution in [-0.2, 0) is 4.79 Å². The fourth-order valence-electron chi connectivity index (χ4n) is 2.51. The second kappa shape index (κ2) is 12.9. The molecule has 0 bridgehead atoms. The number of hydrogen-bond acceptors (Lipinski definition) is 8. The molecule has 2 N–H and O–H groups in total. The van der Waals surface area contributed by atoms with Crippen molar-refractivity contribution in [3.63, 3.8) is 0 Å². The van der Waals surface area contributed by atoms with Gasteiger partial charge in [0.2, 0.25) is 10.1 Å². The third-order valence-electron chi connectivity index (χ3n) is 4.23. The quantitative estimate of drug-likeness (QED) is 0.216. The zero-order chi connectivity index (χ0) is 22.9. The van der Waals surface area contributed by atoms with Gasteiger partial charge in [-0.2, -0.15) is 5.10 Å². The van der Waals surface area contributed by atoms with Crippen molar-refractivity contribution in [1.29, 1.82) is 0 Å². The molecule has 172 valence electrons. The molecule has 10 heteroatoms. The summed E-state index contributed by atoms with van der Waals surface area (Å²) in [7, 11) is 0. The molecule has 3 heterocycles. The molecule has 0 aliphatic carbocycles. The zero-order valence-electron chi connectivity index (χ0n) is 17.4. The number of aldehydes is 1. The minimum absolute atomic E-state index is 0. The number of anilines is 1. The van der Waals surface area contributed by atoms with Gasteiger partial charge in [-0.15, -0.1) is 10.2 Å². The molecule has 0 aliphatic heterocycles. The lowest BCUT2D eigenvalue weighted by atomic mass is 10.1. The molecule has 5 rings (SSSR count). The number of nitrogens with zero attached hydrogens (tertiary/aromatic N) is 5. The highest BCUT2D eigenvalue weighted by Gasteiger charge is 2.05. The summed E-state index contributed by atoms with van der Waals surface area (Å²) in [5.74, 6) is 0. The third kappa shape index (κ3) is 7.85. The van der Waals surface area contributed by atoms with Gasteiger partial charge in [-0.25, -0.2) is 9.50 Å². The highest BCUT2D eigenvalue weighted by atomic mass is 79.9. The maximum absolute atomic E-state index is 10.3. The maximum atomic E-state index is 10.3. The van der Waals surface area contributed by atoms with E-state index >= 15 is 0 Å². The number of hydrogen-bond donors (Lipinski definition) is 1. The van der Waals surface area contributed by atoms with Crippen molar-refractivity contribution < 1.29 is 4.79 Å². The first-order valence-corrected chi connectivity index (χ1v) is 12.2. The summed E-state index contributed by atoms with van der Waals surface area (Å²) in [6.45, 7) is 4.10. The molecular weight excluding hydrogens is 520 g/mol. The lowest BCUT2D eigenvalue weighted by Crippen LogP contribution is -1.89. The van der Waals surface area contributed by atoms with Gasteiger partial charge in [0.05, 0.1) is 16.7 Å². The molecule has 0 saturated heterocycles. The summed E-state index contributed by atoms with van der Waals surface area (Å²) in [5.41, 5.74) is 14.1. The van der Waals surface area contributed by atoms with Crippen LogP contribution in [0, 0.1) is 13.8 Å². The van der Waals surface area contributed by atoms with Crippen LogP contribution < -0.4 is 5.73 Å². The Bertz CT molecular complexity index is 1210. The molecule has 0 radical (unpaired) electrons. The van der Waals surface area contributed by atoms with E-state index in [1.807, 2.05) is 37.4 Å². The van der Waals surface area contributed by atoms with Crippen LogP contribution in [-0.4, -0.2) is 31.1 Å². The Kier molecular flexibility index (Phi) is 10.3. The Hall–Kier alpha value is -2.95. The van der Waals surface area contributed by atoms with E-state index in [2.05, 4.69) is 67.4 Å². The molecule has 0 spiro atoms. The summed E-state index contributed by atoms with van der Waals surface area (Å²) in [6.07, 6.45) is 2.83. The van der Waals surface area contributed by atoms with Gasteiger partial charge in [0.1, 0.15) is 17.3 Å². The van der Waals surface area contributed by atoms with Crippen LogP contribution in [0.3, 0.4) is 0 Å². The first-order chi connectivity index (χ1) is 15.5. The van der Waals surface area contributed by atoms with Gasteiger partial charge in [-0.1, -0.05) is 106 Å². The van der Waals surface area contributed by atoms with E-state index in [1.165, 1.54) is 22.5 Å². The summed E-state index contributed by atoms with van der Waals surface area (Å²) < 4.78 is 1.81. The van der Waals surface area contributed by atoms with Crippen LogP contribution in [0.25, 0.3) is 16.2 Å². The van der Waals surface area contributed by atoms with Gasteiger partial charge >= 0.3 is 0 Å². The van der Waals surface area contributed by atoms with Crippen LogP contribution in [0.5, 0.6) is 0 Å². The van der Waals surface area contributed by atoms with Crippen molar-refractivity contribution in [2.75, 3.05) is 5.73 Å². The van der Waals surface area contributed by atoms with E-state index in [1.54, 1.807) is 26.9 Å². The monoisotopic (exact) mass is 544 g/mol. The zero-order valence-corrected chi connectivity index (χ0v) is 20.6.